The summed E-state index contributed by atoms with van der Waals surface area (Å²) in [7, 11) is 0. The molecule has 0 fully saturated rings. The van der Waals surface area contributed by atoms with Crippen LogP contribution in [0.3, 0.4) is 0 Å². The minimum absolute atomic E-state index is 0.0231. The number of carbonyl (C=O) groups excluding carboxylic acids is 1. The van der Waals surface area contributed by atoms with Gasteiger partial charge in [-0.25, -0.2) is 9.18 Å². The summed E-state index contributed by atoms with van der Waals surface area (Å²) in [5, 5.41) is 15.2. The van der Waals surface area contributed by atoms with Gasteiger partial charge in [0.15, 0.2) is 0 Å². The van der Waals surface area contributed by atoms with Crippen LogP contribution in [0.4, 0.5) is 9.18 Å². The van der Waals surface area contributed by atoms with E-state index in [-0.39, 0.29) is 31.0 Å². The van der Waals surface area contributed by atoms with Crippen LogP contribution in [0.2, 0.25) is 0 Å². The lowest BCUT2D eigenvalue weighted by Gasteiger charge is -2.19. The summed E-state index contributed by atoms with van der Waals surface area (Å²) in [5.41, 5.74) is 0. The molecule has 6 heteroatoms. The Morgan fingerprint density at radius 3 is 2.86 bits per heavy atom. The number of hydrogen-bond acceptors (Lipinski definition) is 3. The van der Waals surface area contributed by atoms with Crippen LogP contribution in [0, 0.1) is 5.82 Å². The second kappa shape index (κ2) is 8.38. The molecule has 0 saturated heterocycles. The Morgan fingerprint density at radius 1 is 1.41 bits per heavy atom. The van der Waals surface area contributed by atoms with Gasteiger partial charge in [-0.2, -0.15) is 0 Å². The zero-order chi connectivity index (χ0) is 15.8. The Hall–Kier alpha value is -2.08. The average molecular weight is 308 g/mol. The van der Waals surface area contributed by atoms with Crippen LogP contribution in [0.5, 0.6) is 5.75 Å². The summed E-state index contributed by atoms with van der Waals surface area (Å²) in [6, 6.07) is 5.28. The van der Waals surface area contributed by atoms with Crippen LogP contribution < -0.4 is 15.4 Å². The van der Waals surface area contributed by atoms with Crippen molar-refractivity contribution in [2.75, 3.05) is 13.2 Å². The zero-order valence-electron chi connectivity index (χ0n) is 12.3. The number of amides is 2. The van der Waals surface area contributed by atoms with E-state index in [2.05, 4.69) is 16.7 Å². The van der Waals surface area contributed by atoms with Gasteiger partial charge in [0.05, 0.1) is 0 Å². The van der Waals surface area contributed by atoms with E-state index in [1.807, 2.05) is 6.08 Å². The van der Waals surface area contributed by atoms with Crippen molar-refractivity contribution < 1.29 is 19.0 Å². The van der Waals surface area contributed by atoms with Crippen molar-refractivity contribution in [3.05, 3.63) is 42.2 Å². The Bertz CT molecular complexity index is 505. The van der Waals surface area contributed by atoms with Crippen LogP contribution in [0.15, 0.2) is 36.4 Å². The summed E-state index contributed by atoms with van der Waals surface area (Å²) >= 11 is 0. The fourth-order valence-electron chi connectivity index (χ4n) is 2.14. The molecule has 1 aliphatic rings. The molecule has 0 aliphatic heterocycles. The monoisotopic (exact) mass is 308 g/mol. The Labute approximate surface area is 129 Å². The minimum Gasteiger partial charge on any atom is -0.491 e. The molecule has 120 valence electrons. The molecular formula is C16H21FN2O3. The van der Waals surface area contributed by atoms with Gasteiger partial charge >= 0.3 is 6.03 Å². The first-order valence-corrected chi connectivity index (χ1v) is 7.41. The van der Waals surface area contributed by atoms with Gasteiger partial charge in [-0.05, 0) is 43.5 Å². The predicted octanol–water partition coefficient (Wildman–Crippen LogP) is 1.97. The van der Waals surface area contributed by atoms with Crippen molar-refractivity contribution >= 4 is 6.03 Å². The maximum absolute atomic E-state index is 12.7. The number of aliphatic hydroxyl groups is 1. The maximum Gasteiger partial charge on any atom is 0.315 e. The van der Waals surface area contributed by atoms with Crippen molar-refractivity contribution in [3.8, 4) is 5.75 Å². The first kappa shape index (κ1) is 16.3. The number of hydrogen-bond donors (Lipinski definition) is 3. The molecule has 5 nitrogen and oxygen atoms in total. The summed E-state index contributed by atoms with van der Waals surface area (Å²) in [4.78, 5) is 11.7. The molecule has 0 spiro atoms. The van der Waals surface area contributed by atoms with Crippen LogP contribution >= 0.6 is 0 Å². The standard InChI is InChI=1S/C16H21FN2O3/c17-12-6-8-15(9-7-12)22-11-14(20)10-18-16(21)19-13-4-2-1-3-5-13/h2,4,6-9,13-14,20H,1,3,5,10-11H2,(H2,18,19,21). The quantitative estimate of drug-likeness (QED) is 0.704. The van der Waals surface area contributed by atoms with Crippen molar-refractivity contribution in [2.24, 2.45) is 0 Å². The van der Waals surface area contributed by atoms with Crippen molar-refractivity contribution in [1.29, 1.82) is 0 Å². The summed E-state index contributed by atoms with van der Waals surface area (Å²) < 4.78 is 18.0. The normalized spacial score (nSPS) is 18.5. The molecule has 1 aromatic carbocycles. The number of allylic oxidation sites excluding steroid dienone is 1. The number of aliphatic hydroxyl groups excluding tert-OH is 1. The van der Waals surface area contributed by atoms with Crippen molar-refractivity contribution in [1.82, 2.24) is 10.6 Å². The number of urea groups is 1. The Balaban J connectivity index is 1.63. The fourth-order valence-corrected chi connectivity index (χ4v) is 2.14. The van der Waals surface area contributed by atoms with Crippen molar-refractivity contribution in [3.63, 3.8) is 0 Å². The number of ether oxygens (including phenoxy) is 1. The third-order valence-corrected chi connectivity index (χ3v) is 3.33. The van der Waals surface area contributed by atoms with E-state index in [1.54, 1.807) is 0 Å². The van der Waals surface area contributed by atoms with E-state index in [9.17, 15) is 14.3 Å². The molecule has 0 aromatic heterocycles. The Morgan fingerprint density at radius 2 is 2.18 bits per heavy atom. The molecule has 0 heterocycles. The highest BCUT2D eigenvalue weighted by atomic mass is 19.1. The van der Waals surface area contributed by atoms with Gasteiger partial charge in [-0.15, -0.1) is 0 Å². The molecule has 22 heavy (non-hydrogen) atoms. The van der Waals surface area contributed by atoms with Crippen LogP contribution in [0.1, 0.15) is 19.3 Å². The number of halogens is 1. The lowest BCUT2D eigenvalue weighted by atomic mass is 10.0. The molecule has 0 radical (unpaired) electrons. The van der Waals surface area contributed by atoms with Gasteiger partial charge in [0, 0.05) is 12.6 Å². The van der Waals surface area contributed by atoms with Gasteiger partial charge in [0.2, 0.25) is 0 Å². The predicted molar refractivity (Wildman–Crippen MR) is 81.2 cm³/mol. The fraction of sp³-hybridized carbons (Fsp3) is 0.438. The van der Waals surface area contributed by atoms with Gasteiger partial charge in [-0.1, -0.05) is 12.2 Å². The van der Waals surface area contributed by atoms with E-state index in [0.717, 1.165) is 19.3 Å². The maximum atomic E-state index is 12.7. The summed E-state index contributed by atoms with van der Waals surface area (Å²) in [5.74, 6) is 0.125. The first-order chi connectivity index (χ1) is 10.6. The first-order valence-electron chi connectivity index (χ1n) is 7.41. The second-order valence-corrected chi connectivity index (χ2v) is 5.24. The average Bonchev–Trinajstić information content (AvgIpc) is 2.53. The number of rotatable bonds is 6. The lowest BCUT2D eigenvalue weighted by Crippen LogP contribution is -2.45. The second-order valence-electron chi connectivity index (χ2n) is 5.24. The van der Waals surface area contributed by atoms with Gasteiger partial charge in [-0.3, -0.25) is 0 Å². The van der Waals surface area contributed by atoms with E-state index in [4.69, 9.17) is 4.74 Å². The van der Waals surface area contributed by atoms with Crippen molar-refractivity contribution in [2.45, 2.75) is 31.4 Å². The highest BCUT2D eigenvalue weighted by Gasteiger charge is 2.12. The molecule has 2 rings (SSSR count). The van der Waals surface area contributed by atoms with Crippen LogP contribution in [-0.2, 0) is 0 Å². The molecule has 2 unspecified atom stereocenters. The number of nitrogens with one attached hydrogen (secondary N) is 2. The van der Waals surface area contributed by atoms with Gasteiger partial charge in [0.25, 0.3) is 0 Å². The molecular weight excluding hydrogens is 287 g/mol. The van der Waals surface area contributed by atoms with Gasteiger partial charge in [0.1, 0.15) is 24.3 Å². The number of benzene rings is 1. The SMILES string of the molecule is O=C(NCC(O)COc1ccc(F)cc1)NC1C=CCCC1. The van der Waals surface area contributed by atoms with E-state index < -0.39 is 6.10 Å². The van der Waals surface area contributed by atoms with Crippen LogP contribution in [0.25, 0.3) is 0 Å². The molecule has 0 bridgehead atoms. The van der Waals surface area contributed by atoms with E-state index in [0.29, 0.717) is 5.75 Å². The third kappa shape index (κ3) is 5.73. The molecule has 1 aromatic rings. The largest absolute Gasteiger partial charge is 0.491 e. The summed E-state index contributed by atoms with van der Waals surface area (Å²) in [6.45, 7) is 0.110. The molecule has 2 atom stereocenters. The number of carbonyl (C=O) groups is 1. The molecule has 2 amide bonds. The van der Waals surface area contributed by atoms with E-state index in [1.165, 1.54) is 24.3 Å². The topological polar surface area (TPSA) is 70.6 Å². The molecule has 3 N–H and O–H groups in total. The van der Waals surface area contributed by atoms with E-state index >= 15 is 0 Å². The van der Waals surface area contributed by atoms with Crippen LogP contribution in [-0.4, -0.2) is 36.4 Å². The Kier molecular flexibility index (Phi) is 6.21. The van der Waals surface area contributed by atoms with Gasteiger partial charge < -0.3 is 20.5 Å². The highest BCUT2D eigenvalue weighted by Crippen LogP contribution is 2.11. The zero-order valence-corrected chi connectivity index (χ0v) is 12.3. The smallest absolute Gasteiger partial charge is 0.315 e. The third-order valence-electron chi connectivity index (χ3n) is 3.33. The minimum atomic E-state index is -0.835. The molecule has 1 aliphatic carbocycles. The molecule has 0 saturated carbocycles. The summed E-state index contributed by atoms with van der Waals surface area (Å²) in [6.07, 6.45) is 6.25. The highest BCUT2D eigenvalue weighted by molar-refractivity contribution is 5.74. The lowest BCUT2D eigenvalue weighted by molar-refractivity contribution is 0.107.